The average Bonchev–Trinajstić information content (AvgIpc) is 2.59. The number of fused-ring (bicyclic) bond motifs is 1. The van der Waals surface area contributed by atoms with E-state index in [1.54, 1.807) is 0 Å². The van der Waals surface area contributed by atoms with Crippen LogP contribution in [0, 0.1) is 17.3 Å². The van der Waals surface area contributed by atoms with E-state index in [-0.39, 0.29) is 29.5 Å². The summed E-state index contributed by atoms with van der Waals surface area (Å²) in [5.74, 6) is 0.890. The van der Waals surface area contributed by atoms with E-state index in [1.165, 1.54) is 18.5 Å². The van der Waals surface area contributed by atoms with E-state index in [0.717, 1.165) is 19.5 Å². The van der Waals surface area contributed by atoms with Crippen LogP contribution in [0.3, 0.4) is 0 Å². The predicted octanol–water partition coefficient (Wildman–Crippen LogP) is 1.31. The maximum Gasteiger partial charge on any atom is 0.0896 e. The highest BCUT2D eigenvalue weighted by molar-refractivity contribution is 5.19. The van der Waals surface area contributed by atoms with Crippen LogP contribution in [0.15, 0.2) is 11.8 Å². The number of hydrogen-bond acceptors (Lipinski definition) is 6. The third-order valence-electron chi connectivity index (χ3n) is 7.21. The minimum Gasteiger partial charge on any atom is -0.387 e. The van der Waals surface area contributed by atoms with Crippen molar-refractivity contribution in [3.8, 4) is 0 Å². The molecule has 168 valence electrons. The molecular weight excluding hydrogens is 362 g/mol. The molecule has 3 aliphatic rings. The van der Waals surface area contributed by atoms with Gasteiger partial charge in [-0.15, -0.1) is 0 Å². The highest BCUT2D eigenvalue weighted by Gasteiger charge is 2.43. The van der Waals surface area contributed by atoms with E-state index in [9.17, 15) is 5.11 Å². The van der Waals surface area contributed by atoms with Gasteiger partial charge >= 0.3 is 0 Å². The molecule has 6 heteroatoms. The third-order valence-corrected chi connectivity index (χ3v) is 7.21. The zero-order valence-corrected chi connectivity index (χ0v) is 19.3. The molecular formula is C23H45N5O. The summed E-state index contributed by atoms with van der Waals surface area (Å²) in [4.78, 5) is 0. The first-order valence-electron chi connectivity index (χ1n) is 11.7. The van der Waals surface area contributed by atoms with Crippen LogP contribution in [0.2, 0.25) is 0 Å². The van der Waals surface area contributed by atoms with Crippen molar-refractivity contribution in [2.45, 2.75) is 103 Å². The lowest BCUT2D eigenvalue weighted by atomic mass is 9.74. The van der Waals surface area contributed by atoms with Gasteiger partial charge in [0.1, 0.15) is 0 Å². The summed E-state index contributed by atoms with van der Waals surface area (Å²) in [5, 5.41) is 25.6. The Hall–Kier alpha value is -0.660. The Morgan fingerprint density at radius 1 is 1.28 bits per heavy atom. The molecule has 0 radical (unpaired) electrons. The number of allylic oxidation sites excluding steroid dienone is 1. The second-order valence-corrected chi connectivity index (χ2v) is 11.1. The highest BCUT2D eigenvalue weighted by Crippen LogP contribution is 2.32. The highest BCUT2D eigenvalue weighted by atomic mass is 16.3. The van der Waals surface area contributed by atoms with E-state index in [0.29, 0.717) is 24.0 Å². The van der Waals surface area contributed by atoms with Gasteiger partial charge in [-0.05, 0) is 63.4 Å². The van der Waals surface area contributed by atoms with Gasteiger partial charge in [-0.25, -0.2) is 0 Å². The molecule has 29 heavy (non-hydrogen) atoms. The van der Waals surface area contributed by atoms with Crippen molar-refractivity contribution in [2.24, 2.45) is 23.0 Å². The topological polar surface area (TPSA) is 94.4 Å². The van der Waals surface area contributed by atoms with Crippen molar-refractivity contribution in [3.63, 3.8) is 0 Å². The lowest BCUT2D eigenvalue weighted by Crippen LogP contribution is -2.68. The van der Waals surface area contributed by atoms with Crippen molar-refractivity contribution in [1.29, 1.82) is 0 Å². The molecule has 2 saturated heterocycles. The standard InChI is InChI=1S/C23H45N5O/c1-13-7-8-17(14(2)27-13)15(3)28-16-9-18-21(26-12-23(4,5)6)19(24)11-25-22(18)20(29)10-16/h10,13-15,17-22,25-29H,7-9,11-12,24H2,1-6H3/t13?,14?,15-,17?,18?,19?,20?,21?,22-/m1/s1. The van der Waals surface area contributed by atoms with Gasteiger partial charge in [0.05, 0.1) is 6.10 Å². The van der Waals surface area contributed by atoms with Crippen LogP contribution in [-0.2, 0) is 0 Å². The van der Waals surface area contributed by atoms with Gasteiger partial charge in [0.2, 0.25) is 0 Å². The molecule has 7 N–H and O–H groups in total. The Labute approximate surface area is 177 Å². The average molecular weight is 408 g/mol. The largest absolute Gasteiger partial charge is 0.387 e. The predicted molar refractivity (Wildman–Crippen MR) is 121 cm³/mol. The van der Waals surface area contributed by atoms with Crippen LogP contribution in [0.4, 0.5) is 0 Å². The van der Waals surface area contributed by atoms with Crippen LogP contribution in [0.25, 0.3) is 0 Å². The maximum atomic E-state index is 10.9. The number of hydrogen-bond donors (Lipinski definition) is 6. The van der Waals surface area contributed by atoms with Gasteiger partial charge in [-0.2, -0.15) is 0 Å². The maximum absolute atomic E-state index is 10.9. The number of rotatable bonds is 5. The van der Waals surface area contributed by atoms with Crippen LogP contribution >= 0.6 is 0 Å². The van der Waals surface area contributed by atoms with E-state index in [2.05, 4.69) is 62.8 Å². The van der Waals surface area contributed by atoms with E-state index in [1.807, 2.05) is 6.08 Å². The summed E-state index contributed by atoms with van der Waals surface area (Å²) in [6.45, 7) is 15.3. The van der Waals surface area contributed by atoms with Crippen LogP contribution in [0.1, 0.15) is 60.8 Å². The molecule has 2 heterocycles. The number of piperidine rings is 2. The Bertz CT molecular complexity index is 574. The molecule has 3 rings (SSSR count). The second-order valence-electron chi connectivity index (χ2n) is 11.1. The summed E-state index contributed by atoms with van der Waals surface area (Å²) in [6.07, 6.45) is 4.96. The molecule has 2 fully saturated rings. The Morgan fingerprint density at radius 3 is 2.66 bits per heavy atom. The number of aliphatic hydroxyl groups excluding tert-OH is 1. The van der Waals surface area contributed by atoms with Gasteiger partial charge in [-0.3, -0.25) is 0 Å². The first-order valence-corrected chi connectivity index (χ1v) is 11.7. The SMILES string of the molecule is CC1CCC([C@@H](C)NC2=CC(O)[C@@H]3NCC(N)C(NCC(C)(C)C)C3C2)C(C)N1. The van der Waals surface area contributed by atoms with Gasteiger partial charge < -0.3 is 32.1 Å². The molecule has 2 aliphatic heterocycles. The lowest BCUT2D eigenvalue weighted by Gasteiger charge is -2.48. The molecule has 0 saturated carbocycles. The van der Waals surface area contributed by atoms with E-state index < -0.39 is 6.10 Å². The van der Waals surface area contributed by atoms with Gasteiger partial charge in [0.25, 0.3) is 0 Å². The van der Waals surface area contributed by atoms with Crippen molar-refractivity contribution >= 4 is 0 Å². The fourth-order valence-electron chi connectivity index (χ4n) is 5.62. The molecule has 9 atom stereocenters. The summed E-state index contributed by atoms with van der Waals surface area (Å²) in [7, 11) is 0. The summed E-state index contributed by atoms with van der Waals surface area (Å²) in [5.41, 5.74) is 7.89. The molecule has 0 aromatic carbocycles. The number of aliphatic hydroxyl groups is 1. The number of nitrogens with two attached hydrogens (primary N) is 1. The summed E-state index contributed by atoms with van der Waals surface area (Å²) < 4.78 is 0. The zero-order chi connectivity index (χ0) is 21.3. The quantitative estimate of drug-likeness (QED) is 0.412. The summed E-state index contributed by atoms with van der Waals surface area (Å²) >= 11 is 0. The fraction of sp³-hybridized carbons (Fsp3) is 0.913. The lowest BCUT2D eigenvalue weighted by molar-refractivity contribution is 0.0713. The normalized spacial score (nSPS) is 42.0. The second kappa shape index (κ2) is 9.23. The Kier molecular flexibility index (Phi) is 7.32. The molecule has 0 spiro atoms. The van der Waals surface area contributed by atoms with Crippen LogP contribution in [0.5, 0.6) is 0 Å². The van der Waals surface area contributed by atoms with Crippen molar-refractivity contribution in [3.05, 3.63) is 11.8 Å². The Morgan fingerprint density at radius 2 is 2.00 bits per heavy atom. The van der Waals surface area contributed by atoms with E-state index >= 15 is 0 Å². The van der Waals surface area contributed by atoms with Crippen LogP contribution < -0.4 is 27.0 Å². The molecule has 6 nitrogen and oxygen atoms in total. The summed E-state index contributed by atoms with van der Waals surface area (Å²) in [6, 6.07) is 1.84. The molecule has 1 aliphatic carbocycles. The molecule has 0 aromatic heterocycles. The third kappa shape index (κ3) is 5.73. The van der Waals surface area contributed by atoms with Crippen LogP contribution in [-0.4, -0.2) is 60.6 Å². The Balaban J connectivity index is 1.67. The van der Waals surface area contributed by atoms with Gasteiger partial charge in [0, 0.05) is 55.0 Å². The number of nitrogens with one attached hydrogen (secondary N) is 4. The molecule has 0 bridgehead atoms. The van der Waals surface area contributed by atoms with E-state index in [4.69, 9.17) is 5.73 Å². The zero-order valence-electron chi connectivity index (χ0n) is 19.3. The smallest absolute Gasteiger partial charge is 0.0896 e. The first kappa shape index (κ1) is 23.0. The monoisotopic (exact) mass is 407 g/mol. The van der Waals surface area contributed by atoms with Crippen molar-refractivity contribution < 1.29 is 5.11 Å². The fourth-order valence-corrected chi connectivity index (χ4v) is 5.62. The van der Waals surface area contributed by atoms with Gasteiger partial charge in [-0.1, -0.05) is 20.8 Å². The molecule has 0 amide bonds. The van der Waals surface area contributed by atoms with Crippen molar-refractivity contribution in [1.82, 2.24) is 21.3 Å². The molecule has 7 unspecified atom stereocenters. The minimum absolute atomic E-state index is 0.0617. The van der Waals surface area contributed by atoms with Gasteiger partial charge in [0.15, 0.2) is 0 Å². The minimum atomic E-state index is -0.475. The molecule has 0 aromatic rings. The first-order chi connectivity index (χ1) is 13.5. The van der Waals surface area contributed by atoms with Crippen molar-refractivity contribution in [2.75, 3.05) is 13.1 Å².